The van der Waals surface area contributed by atoms with Gasteiger partial charge in [0.1, 0.15) is 5.82 Å². The normalized spacial score (nSPS) is 16.3. The minimum atomic E-state index is -0.378. The van der Waals surface area contributed by atoms with E-state index in [1.807, 2.05) is 36.4 Å². The Bertz CT molecular complexity index is 1560. The summed E-state index contributed by atoms with van der Waals surface area (Å²) in [4.78, 5) is 28.3. The molecule has 10 heteroatoms. The smallest absolute Gasteiger partial charge is 0.254 e. The van der Waals surface area contributed by atoms with E-state index in [9.17, 15) is 9.59 Å². The number of carbonyl (C=O) groups excluding carboxylic acids is 2. The lowest BCUT2D eigenvalue weighted by Crippen LogP contribution is -2.19. The lowest BCUT2D eigenvalue weighted by Gasteiger charge is -2.14. The lowest BCUT2D eigenvalue weighted by atomic mass is 10.1. The molecule has 3 heterocycles. The molecule has 0 bridgehead atoms. The Morgan fingerprint density at radius 3 is 2.70 bits per heavy atom. The van der Waals surface area contributed by atoms with E-state index in [4.69, 9.17) is 16.6 Å². The van der Waals surface area contributed by atoms with Crippen LogP contribution in [0, 0.1) is 0 Å². The molecule has 0 unspecified atom stereocenters. The molecule has 186 valence electrons. The van der Waals surface area contributed by atoms with Crippen LogP contribution in [0.5, 0.6) is 0 Å². The van der Waals surface area contributed by atoms with Crippen LogP contribution in [-0.4, -0.2) is 32.5 Å². The van der Waals surface area contributed by atoms with E-state index in [0.717, 1.165) is 22.6 Å². The van der Waals surface area contributed by atoms with Crippen molar-refractivity contribution in [2.24, 2.45) is 0 Å². The zero-order chi connectivity index (χ0) is 25.4. The van der Waals surface area contributed by atoms with Gasteiger partial charge >= 0.3 is 0 Å². The van der Waals surface area contributed by atoms with Gasteiger partial charge in [-0.15, -0.1) is 0 Å². The molecule has 1 aliphatic heterocycles. The van der Waals surface area contributed by atoms with Crippen molar-refractivity contribution in [3.63, 3.8) is 0 Å². The maximum atomic E-state index is 12.0. The predicted molar refractivity (Wildman–Crippen MR) is 144 cm³/mol. The summed E-state index contributed by atoms with van der Waals surface area (Å²) in [6.07, 6.45) is 7.50. The maximum Gasteiger partial charge on any atom is 0.254 e. The van der Waals surface area contributed by atoms with Crippen molar-refractivity contribution in [2.45, 2.75) is 31.8 Å². The summed E-state index contributed by atoms with van der Waals surface area (Å²) < 4.78 is 1.63. The van der Waals surface area contributed by atoms with Gasteiger partial charge in [-0.1, -0.05) is 23.7 Å². The quantitative estimate of drug-likeness (QED) is 0.199. The van der Waals surface area contributed by atoms with Gasteiger partial charge in [0.2, 0.25) is 5.91 Å². The van der Waals surface area contributed by atoms with Gasteiger partial charge in [-0.25, -0.2) is 9.50 Å². The third kappa shape index (κ3) is 5.41. The first-order valence-electron chi connectivity index (χ1n) is 12.0. The van der Waals surface area contributed by atoms with Crippen LogP contribution >= 0.6 is 11.6 Å². The molecule has 2 aromatic carbocycles. The van der Waals surface area contributed by atoms with Gasteiger partial charge in [0, 0.05) is 52.0 Å². The van der Waals surface area contributed by atoms with Gasteiger partial charge in [0.25, 0.3) is 5.91 Å². The van der Waals surface area contributed by atoms with Gasteiger partial charge in [-0.3, -0.25) is 14.9 Å². The molecule has 0 radical (unpaired) electrons. The van der Waals surface area contributed by atoms with Crippen LogP contribution in [0.3, 0.4) is 0 Å². The molecule has 9 nitrogen and oxygen atoms in total. The van der Waals surface area contributed by atoms with Crippen molar-refractivity contribution < 1.29 is 9.59 Å². The summed E-state index contributed by atoms with van der Waals surface area (Å²) in [5.74, 6) is -0.0529. The molecular formula is C27H24ClN7O2. The Hall–Kier alpha value is -4.37. The minimum Gasteiger partial charge on any atom is -0.382 e. The average molecular weight is 514 g/mol. The Labute approximate surface area is 217 Å². The van der Waals surface area contributed by atoms with Crippen LogP contribution in [0.1, 0.15) is 30.4 Å². The Kier molecular flexibility index (Phi) is 5.97. The number of hydrogen-bond acceptors (Lipinski definition) is 7. The molecule has 2 amide bonds. The Morgan fingerprint density at radius 2 is 1.92 bits per heavy atom. The Balaban J connectivity index is 1.26. The molecule has 6 rings (SSSR count). The highest BCUT2D eigenvalue weighted by molar-refractivity contribution is 6.30. The summed E-state index contributed by atoms with van der Waals surface area (Å²) in [5.41, 5.74) is 5.59. The monoisotopic (exact) mass is 513 g/mol. The van der Waals surface area contributed by atoms with Crippen LogP contribution in [0.2, 0.25) is 5.02 Å². The summed E-state index contributed by atoms with van der Waals surface area (Å²) >= 11 is 6.14. The second-order valence-electron chi connectivity index (χ2n) is 9.23. The van der Waals surface area contributed by atoms with Crippen LogP contribution < -0.4 is 21.3 Å². The van der Waals surface area contributed by atoms with E-state index in [1.165, 1.54) is 12.8 Å². The highest BCUT2D eigenvalue weighted by Gasteiger charge is 2.24. The zero-order valence-electron chi connectivity index (χ0n) is 19.8. The third-order valence-corrected chi connectivity index (χ3v) is 6.40. The number of halogens is 1. The fraction of sp³-hybridized carbons (Fsp3) is 0.185. The van der Waals surface area contributed by atoms with Gasteiger partial charge < -0.3 is 16.0 Å². The second-order valence-corrected chi connectivity index (χ2v) is 9.67. The average Bonchev–Trinajstić information content (AvgIpc) is 3.51. The molecular weight excluding hydrogens is 490 g/mol. The number of carbonyl (C=O) groups is 2. The SMILES string of the molecule is O=C1C/C(=C/c2cnn3ccc(Nc4cc(NCc5cccc(Cl)c5)cc(NC5CC5)c4)nc23)C(=O)N1. The number of imide groups is 1. The fourth-order valence-corrected chi connectivity index (χ4v) is 4.43. The van der Waals surface area contributed by atoms with E-state index in [1.54, 1.807) is 23.0 Å². The largest absolute Gasteiger partial charge is 0.382 e. The highest BCUT2D eigenvalue weighted by Crippen LogP contribution is 2.30. The molecule has 4 aromatic rings. The number of nitrogens with one attached hydrogen (secondary N) is 4. The van der Waals surface area contributed by atoms with Crippen molar-refractivity contribution in [2.75, 3.05) is 16.0 Å². The van der Waals surface area contributed by atoms with E-state index in [2.05, 4.69) is 38.5 Å². The van der Waals surface area contributed by atoms with Crippen LogP contribution in [0.4, 0.5) is 22.9 Å². The molecule has 37 heavy (non-hydrogen) atoms. The number of rotatable bonds is 8. The Morgan fingerprint density at radius 1 is 1.08 bits per heavy atom. The molecule has 2 aliphatic rings. The highest BCUT2D eigenvalue weighted by atomic mass is 35.5. The number of anilines is 4. The number of aromatic nitrogens is 3. The van der Waals surface area contributed by atoms with E-state index in [-0.39, 0.29) is 18.2 Å². The van der Waals surface area contributed by atoms with E-state index in [0.29, 0.717) is 40.2 Å². The predicted octanol–water partition coefficient (Wildman–Crippen LogP) is 4.74. The second kappa shape index (κ2) is 9.59. The van der Waals surface area contributed by atoms with Crippen molar-refractivity contribution in [3.05, 3.63) is 82.6 Å². The molecule has 4 N–H and O–H groups in total. The van der Waals surface area contributed by atoms with Crippen LogP contribution in [-0.2, 0) is 16.1 Å². The molecule has 2 fully saturated rings. The summed E-state index contributed by atoms with van der Waals surface area (Å²) in [6, 6.07) is 16.3. The topological polar surface area (TPSA) is 112 Å². The maximum absolute atomic E-state index is 12.0. The van der Waals surface area contributed by atoms with Gasteiger partial charge in [-0.05, 0) is 60.9 Å². The van der Waals surface area contributed by atoms with Crippen molar-refractivity contribution in [3.8, 4) is 0 Å². The van der Waals surface area contributed by atoms with Gasteiger partial charge in [-0.2, -0.15) is 5.10 Å². The minimum absolute atomic E-state index is 0.0554. The van der Waals surface area contributed by atoms with Crippen molar-refractivity contribution in [1.29, 1.82) is 0 Å². The van der Waals surface area contributed by atoms with E-state index < -0.39 is 0 Å². The number of amides is 2. The molecule has 1 aliphatic carbocycles. The zero-order valence-corrected chi connectivity index (χ0v) is 20.5. The van der Waals surface area contributed by atoms with E-state index >= 15 is 0 Å². The first-order chi connectivity index (χ1) is 18.0. The first-order valence-corrected chi connectivity index (χ1v) is 12.4. The van der Waals surface area contributed by atoms with Gasteiger partial charge in [0.15, 0.2) is 5.65 Å². The number of fused-ring (bicyclic) bond motifs is 1. The standard InChI is InChI=1S/C27H24ClN7O2/c28-19-3-1-2-16(8-19)14-29-21-11-22(31-20-4-5-20)13-23(12-21)32-24-6-7-35-26(33-24)18(15-30-35)9-17-10-25(36)34-27(17)37/h1-3,6-9,11-13,15,20,29,31H,4-5,10,14H2,(H,32,33)(H,34,36,37)/b17-9-. The number of benzene rings is 2. The first kappa shape index (κ1) is 23.1. The summed E-state index contributed by atoms with van der Waals surface area (Å²) in [7, 11) is 0. The molecule has 1 saturated carbocycles. The number of hydrogen-bond donors (Lipinski definition) is 4. The van der Waals surface area contributed by atoms with Crippen molar-refractivity contribution >= 4 is 58.0 Å². The molecule has 0 atom stereocenters. The number of nitrogens with zero attached hydrogens (tertiary/aromatic N) is 3. The molecule has 0 spiro atoms. The van der Waals surface area contributed by atoms with Crippen molar-refractivity contribution in [1.82, 2.24) is 19.9 Å². The lowest BCUT2D eigenvalue weighted by molar-refractivity contribution is -0.124. The summed E-state index contributed by atoms with van der Waals surface area (Å²) in [6.45, 7) is 0.640. The molecule has 1 saturated heterocycles. The fourth-order valence-electron chi connectivity index (χ4n) is 4.21. The third-order valence-electron chi connectivity index (χ3n) is 6.16. The van der Waals surface area contributed by atoms with Crippen LogP contribution in [0.25, 0.3) is 11.7 Å². The summed E-state index contributed by atoms with van der Waals surface area (Å²) in [5, 5.41) is 17.8. The van der Waals surface area contributed by atoms with Crippen LogP contribution in [0.15, 0.2) is 66.5 Å². The van der Waals surface area contributed by atoms with Gasteiger partial charge in [0.05, 0.1) is 12.6 Å². The molecule has 2 aromatic heterocycles.